The normalized spacial score (nSPS) is 18.9. The number of hydrogen-bond acceptors (Lipinski definition) is 2. The fourth-order valence-corrected chi connectivity index (χ4v) is 1.30. The Labute approximate surface area is 80.4 Å². The molecule has 1 fully saturated rings. The summed E-state index contributed by atoms with van der Waals surface area (Å²) in [4.78, 5) is 2.26. The van der Waals surface area contributed by atoms with E-state index in [4.69, 9.17) is 12.6 Å². The van der Waals surface area contributed by atoms with E-state index in [9.17, 15) is 0 Å². The molecule has 0 aliphatic carbocycles. The Bertz CT molecular complexity index is 119. The Morgan fingerprint density at radius 2 is 1.90 bits per heavy atom. The Morgan fingerprint density at radius 3 is 2.30 bits per heavy atom. The van der Waals surface area contributed by atoms with Gasteiger partial charge in [-0.2, -0.15) is 0 Å². The summed E-state index contributed by atoms with van der Waals surface area (Å²) in [6.07, 6.45) is 4.63. The molecule has 0 spiro atoms. The quantitative estimate of drug-likeness (QED) is 0.329. The number of rotatable bonds is 1. The fraction of sp³-hybridized carbons (Fsp3) is 0.714. The molecule has 0 amide bonds. The maximum Gasteiger partial charge on any atom is 1.00 e. The van der Waals surface area contributed by atoms with Crippen LogP contribution in [-0.2, 0) is 12.6 Å². The van der Waals surface area contributed by atoms with Gasteiger partial charge in [-0.15, -0.1) is 5.03 Å². The van der Waals surface area contributed by atoms with E-state index in [-0.39, 0.29) is 18.9 Å². The minimum Gasteiger partial charge on any atom is -0.763 e. The molecular formula is C7H12LiNS. The van der Waals surface area contributed by atoms with Crippen LogP contribution in [0.4, 0.5) is 0 Å². The monoisotopic (exact) mass is 149 g/mol. The van der Waals surface area contributed by atoms with Crippen LogP contribution in [0.15, 0.2) is 11.1 Å². The summed E-state index contributed by atoms with van der Waals surface area (Å²) in [5.74, 6) is 0. The van der Waals surface area contributed by atoms with Crippen molar-refractivity contribution in [3.63, 3.8) is 0 Å². The second kappa shape index (κ2) is 5.07. The summed E-state index contributed by atoms with van der Waals surface area (Å²) in [7, 11) is 0. The van der Waals surface area contributed by atoms with Crippen LogP contribution in [0.1, 0.15) is 19.8 Å². The Hall–Kier alpha value is 0.357. The summed E-state index contributed by atoms with van der Waals surface area (Å²) < 4.78 is 0. The summed E-state index contributed by atoms with van der Waals surface area (Å²) in [5.41, 5.74) is 0. The summed E-state index contributed by atoms with van der Waals surface area (Å²) in [6, 6.07) is 0. The molecular weight excluding hydrogens is 137 g/mol. The van der Waals surface area contributed by atoms with E-state index in [1.807, 2.05) is 13.0 Å². The van der Waals surface area contributed by atoms with Crippen LogP contribution in [0.3, 0.4) is 0 Å². The third-order valence-corrected chi connectivity index (χ3v) is 2.16. The van der Waals surface area contributed by atoms with Crippen molar-refractivity contribution in [1.29, 1.82) is 0 Å². The fourth-order valence-electron chi connectivity index (χ4n) is 1.12. The van der Waals surface area contributed by atoms with Gasteiger partial charge in [0.15, 0.2) is 0 Å². The van der Waals surface area contributed by atoms with Gasteiger partial charge in [-0.05, 0) is 19.8 Å². The van der Waals surface area contributed by atoms with Gasteiger partial charge < -0.3 is 17.5 Å². The molecule has 0 aromatic carbocycles. The zero-order valence-corrected chi connectivity index (χ0v) is 7.58. The van der Waals surface area contributed by atoms with Gasteiger partial charge in [0.1, 0.15) is 0 Å². The minimum absolute atomic E-state index is 0. The first kappa shape index (κ1) is 10.4. The molecule has 52 valence electrons. The molecule has 0 unspecified atom stereocenters. The molecule has 1 nitrogen and oxygen atoms in total. The molecule has 0 saturated carbocycles. The van der Waals surface area contributed by atoms with Crippen molar-refractivity contribution in [3.05, 3.63) is 11.1 Å². The maximum atomic E-state index is 5.09. The van der Waals surface area contributed by atoms with Gasteiger partial charge in [-0.3, -0.25) is 0 Å². The topological polar surface area (TPSA) is 3.24 Å². The summed E-state index contributed by atoms with van der Waals surface area (Å²) >= 11 is 5.09. The van der Waals surface area contributed by atoms with Crippen molar-refractivity contribution in [3.8, 4) is 0 Å². The van der Waals surface area contributed by atoms with E-state index in [0.29, 0.717) is 0 Å². The number of hydrogen-bond donors (Lipinski definition) is 0. The maximum absolute atomic E-state index is 5.09. The second-order valence-electron chi connectivity index (χ2n) is 2.32. The minimum atomic E-state index is 0. The molecule has 1 heterocycles. The number of likely N-dealkylation sites (tertiary alicyclic amines) is 1. The van der Waals surface area contributed by atoms with Crippen molar-refractivity contribution in [2.24, 2.45) is 0 Å². The van der Waals surface area contributed by atoms with Crippen LogP contribution in [0.25, 0.3) is 0 Å². The molecule has 1 aliphatic heterocycles. The van der Waals surface area contributed by atoms with Crippen molar-refractivity contribution < 1.29 is 18.9 Å². The third kappa shape index (κ3) is 2.54. The van der Waals surface area contributed by atoms with Gasteiger partial charge in [0.05, 0.1) is 0 Å². The molecule has 0 atom stereocenters. The van der Waals surface area contributed by atoms with E-state index in [1.54, 1.807) is 0 Å². The van der Waals surface area contributed by atoms with Crippen molar-refractivity contribution >= 4 is 12.6 Å². The standard InChI is InChI=1S/C7H13NS.Li/c1-2-7(9)8-5-3-4-6-8;/h2,9H,3-6H2,1H3;/q;+1/p-1/b7-2-;. The first-order valence-corrected chi connectivity index (χ1v) is 3.83. The zero-order valence-electron chi connectivity index (χ0n) is 6.76. The van der Waals surface area contributed by atoms with Crippen molar-refractivity contribution in [1.82, 2.24) is 4.90 Å². The summed E-state index contributed by atoms with van der Waals surface area (Å²) in [6.45, 7) is 4.34. The van der Waals surface area contributed by atoms with Gasteiger partial charge >= 0.3 is 18.9 Å². The van der Waals surface area contributed by atoms with Crippen LogP contribution < -0.4 is 18.9 Å². The summed E-state index contributed by atoms with van der Waals surface area (Å²) in [5, 5.41) is 1.02. The Morgan fingerprint density at radius 1 is 1.40 bits per heavy atom. The average Bonchev–Trinajstić information content (AvgIpc) is 2.37. The van der Waals surface area contributed by atoms with Gasteiger partial charge in [0.2, 0.25) is 0 Å². The van der Waals surface area contributed by atoms with E-state index in [1.165, 1.54) is 25.9 Å². The molecule has 1 rings (SSSR count). The van der Waals surface area contributed by atoms with E-state index in [2.05, 4.69) is 4.90 Å². The number of allylic oxidation sites excluding steroid dienone is 1. The SMILES string of the molecule is C/C=C(\[S-])N1CCCC1.[Li+]. The van der Waals surface area contributed by atoms with Crippen LogP contribution in [0, 0.1) is 0 Å². The van der Waals surface area contributed by atoms with Crippen LogP contribution >= 0.6 is 0 Å². The predicted octanol–water partition coefficient (Wildman–Crippen LogP) is -1.51. The van der Waals surface area contributed by atoms with Gasteiger partial charge in [0, 0.05) is 13.1 Å². The first-order valence-electron chi connectivity index (χ1n) is 3.43. The predicted molar refractivity (Wildman–Crippen MR) is 41.9 cm³/mol. The van der Waals surface area contributed by atoms with E-state index in [0.717, 1.165) is 5.03 Å². The number of nitrogens with zero attached hydrogens (tertiary/aromatic N) is 1. The molecule has 10 heavy (non-hydrogen) atoms. The zero-order chi connectivity index (χ0) is 6.69. The van der Waals surface area contributed by atoms with Gasteiger partial charge in [-0.25, -0.2) is 0 Å². The third-order valence-electron chi connectivity index (χ3n) is 1.66. The van der Waals surface area contributed by atoms with Crippen LogP contribution in [-0.4, -0.2) is 18.0 Å². The van der Waals surface area contributed by atoms with Crippen LogP contribution in [0.2, 0.25) is 0 Å². The average molecular weight is 149 g/mol. The molecule has 3 heteroatoms. The van der Waals surface area contributed by atoms with Crippen LogP contribution in [0.5, 0.6) is 0 Å². The van der Waals surface area contributed by atoms with Crippen molar-refractivity contribution in [2.45, 2.75) is 19.8 Å². The van der Waals surface area contributed by atoms with E-state index < -0.39 is 0 Å². The molecule has 0 bridgehead atoms. The van der Waals surface area contributed by atoms with Gasteiger partial charge in [0.25, 0.3) is 0 Å². The molecule has 0 aromatic rings. The molecule has 0 aromatic heterocycles. The largest absolute Gasteiger partial charge is 1.00 e. The molecule has 0 radical (unpaired) electrons. The Balaban J connectivity index is 0.000000810. The molecule has 1 saturated heterocycles. The molecule has 1 aliphatic rings. The van der Waals surface area contributed by atoms with Crippen molar-refractivity contribution in [2.75, 3.05) is 13.1 Å². The van der Waals surface area contributed by atoms with Gasteiger partial charge in [-0.1, -0.05) is 6.08 Å². The van der Waals surface area contributed by atoms with E-state index >= 15 is 0 Å². The Kier molecular flexibility index (Phi) is 5.25. The second-order valence-corrected chi connectivity index (χ2v) is 2.74. The first-order chi connectivity index (χ1) is 4.34. The molecule has 0 N–H and O–H groups in total. The smallest absolute Gasteiger partial charge is 0.763 e.